The molecule has 1 aliphatic rings. The standard InChI is InChI=1S/C25H28N4O4S/c1-16(2)34(32,33)19-10-8-18(9-11-19)22-15-27-24-23(28-22)20(14-26-24)25(31)29-21(12-13-30)17-6-4-3-5-7-17/h3-11,15-16,20-21,30H,12-14H2,1-2H3,(H,26,27)(H,29,31)/t20?,21-/m0/s1. The Kier molecular flexibility index (Phi) is 6.95. The predicted molar refractivity (Wildman–Crippen MR) is 130 cm³/mol. The molecule has 1 aromatic heterocycles. The summed E-state index contributed by atoms with van der Waals surface area (Å²) in [5.41, 5.74) is 2.74. The van der Waals surface area contributed by atoms with Crippen molar-refractivity contribution < 1.29 is 18.3 Å². The Morgan fingerprint density at radius 3 is 2.50 bits per heavy atom. The van der Waals surface area contributed by atoms with Crippen molar-refractivity contribution in [2.75, 3.05) is 18.5 Å². The maximum absolute atomic E-state index is 13.2. The third-order valence-corrected chi connectivity index (χ3v) is 8.13. The topological polar surface area (TPSA) is 121 Å². The van der Waals surface area contributed by atoms with Crippen molar-refractivity contribution in [1.29, 1.82) is 0 Å². The minimum atomic E-state index is -3.36. The van der Waals surface area contributed by atoms with Crippen LogP contribution in [0.1, 0.15) is 43.5 Å². The summed E-state index contributed by atoms with van der Waals surface area (Å²) in [6.07, 6.45) is 2.01. The van der Waals surface area contributed by atoms with Crippen LogP contribution in [0, 0.1) is 0 Å². The van der Waals surface area contributed by atoms with Gasteiger partial charge >= 0.3 is 0 Å². The highest BCUT2D eigenvalue weighted by Crippen LogP contribution is 2.31. The number of hydrogen-bond acceptors (Lipinski definition) is 7. The highest BCUT2D eigenvalue weighted by Gasteiger charge is 2.33. The van der Waals surface area contributed by atoms with Gasteiger partial charge in [0.15, 0.2) is 9.84 Å². The van der Waals surface area contributed by atoms with Crippen molar-refractivity contribution >= 4 is 21.6 Å². The second-order valence-corrected chi connectivity index (χ2v) is 11.0. The largest absolute Gasteiger partial charge is 0.396 e. The molecule has 0 fully saturated rings. The van der Waals surface area contributed by atoms with E-state index in [1.54, 1.807) is 44.3 Å². The van der Waals surface area contributed by atoms with Crippen LogP contribution in [0.5, 0.6) is 0 Å². The van der Waals surface area contributed by atoms with Crippen LogP contribution in [0.25, 0.3) is 11.3 Å². The fourth-order valence-corrected chi connectivity index (χ4v) is 4.99. The quantitative estimate of drug-likeness (QED) is 0.453. The van der Waals surface area contributed by atoms with Gasteiger partial charge in [-0.15, -0.1) is 0 Å². The van der Waals surface area contributed by atoms with Crippen LogP contribution in [0.2, 0.25) is 0 Å². The fourth-order valence-electron chi connectivity index (χ4n) is 3.93. The Bertz CT molecular complexity index is 1260. The Morgan fingerprint density at radius 1 is 1.15 bits per heavy atom. The SMILES string of the molecule is CC(C)S(=O)(=O)c1ccc(-c2cnc3c(n2)C(C(=O)N[C@@H](CCO)c2ccccc2)CN3)cc1. The first kappa shape index (κ1) is 23.8. The highest BCUT2D eigenvalue weighted by molar-refractivity contribution is 7.92. The summed E-state index contributed by atoms with van der Waals surface area (Å²) in [4.78, 5) is 22.5. The molecule has 1 amide bonds. The van der Waals surface area contributed by atoms with Gasteiger partial charge in [-0.05, 0) is 38.0 Å². The summed E-state index contributed by atoms with van der Waals surface area (Å²) >= 11 is 0. The molecule has 1 unspecified atom stereocenters. The molecule has 178 valence electrons. The van der Waals surface area contributed by atoms with Gasteiger partial charge in [0, 0.05) is 18.7 Å². The lowest BCUT2D eigenvalue weighted by Gasteiger charge is -2.20. The molecule has 0 spiro atoms. The van der Waals surface area contributed by atoms with Gasteiger partial charge < -0.3 is 15.7 Å². The zero-order valence-electron chi connectivity index (χ0n) is 19.1. The molecule has 0 radical (unpaired) electrons. The average molecular weight is 481 g/mol. The van der Waals surface area contributed by atoms with Crippen LogP contribution in [0.3, 0.4) is 0 Å². The summed E-state index contributed by atoms with van der Waals surface area (Å²) < 4.78 is 24.8. The lowest BCUT2D eigenvalue weighted by Crippen LogP contribution is -2.34. The number of sulfone groups is 1. The molecule has 8 nitrogen and oxygen atoms in total. The smallest absolute Gasteiger partial charge is 0.231 e. The van der Waals surface area contributed by atoms with Gasteiger partial charge in [0.2, 0.25) is 5.91 Å². The molecule has 2 aromatic carbocycles. The summed E-state index contributed by atoms with van der Waals surface area (Å²) in [6.45, 7) is 3.62. The number of benzene rings is 2. The molecule has 3 aromatic rings. The molecule has 0 saturated carbocycles. The molecule has 4 rings (SSSR count). The van der Waals surface area contributed by atoms with Crippen LogP contribution in [0.4, 0.5) is 5.82 Å². The van der Waals surface area contributed by atoms with Gasteiger partial charge in [0.1, 0.15) is 11.7 Å². The zero-order chi connectivity index (χ0) is 24.3. The molecule has 3 N–H and O–H groups in total. The van der Waals surface area contributed by atoms with Crippen molar-refractivity contribution in [3.63, 3.8) is 0 Å². The van der Waals surface area contributed by atoms with E-state index in [9.17, 15) is 18.3 Å². The van der Waals surface area contributed by atoms with Crippen LogP contribution in [-0.4, -0.2) is 47.8 Å². The number of fused-ring (bicyclic) bond motifs is 1. The van der Waals surface area contributed by atoms with Crippen molar-refractivity contribution in [2.24, 2.45) is 0 Å². The van der Waals surface area contributed by atoms with E-state index in [1.165, 1.54) is 0 Å². The Hall–Kier alpha value is -3.30. The Labute approximate surface area is 199 Å². The van der Waals surface area contributed by atoms with Gasteiger partial charge in [0.05, 0.1) is 33.8 Å². The summed E-state index contributed by atoms with van der Waals surface area (Å²) in [6, 6.07) is 15.8. The van der Waals surface area contributed by atoms with Crippen molar-refractivity contribution in [2.45, 2.75) is 42.4 Å². The maximum atomic E-state index is 13.2. The lowest BCUT2D eigenvalue weighted by atomic mass is 10.0. The first-order valence-corrected chi connectivity index (χ1v) is 12.8. The van der Waals surface area contributed by atoms with Crippen molar-refractivity contribution in [3.05, 3.63) is 72.1 Å². The molecule has 0 bridgehead atoms. The van der Waals surface area contributed by atoms with Gasteiger partial charge in [0.25, 0.3) is 0 Å². The van der Waals surface area contributed by atoms with E-state index in [4.69, 9.17) is 4.98 Å². The number of aromatic nitrogens is 2. The number of anilines is 1. The summed E-state index contributed by atoms with van der Waals surface area (Å²) in [7, 11) is -3.36. The Morgan fingerprint density at radius 2 is 1.85 bits per heavy atom. The number of nitrogens with zero attached hydrogens (tertiary/aromatic N) is 2. The van der Waals surface area contributed by atoms with E-state index in [2.05, 4.69) is 15.6 Å². The number of carbonyl (C=O) groups excluding carboxylic acids is 1. The molecule has 2 atom stereocenters. The summed E-state index contributed by atoms with van der Waals surface area (Å²) in [5, 5.41) is 15.1. The molecule has 0 saturated heterocycles. The van der Waals surface area contributed by atoms with Gasteiger partial charge in [-0.3, -0.25) is 4.79 Å². The minimum Gasteiger partial charge on any atom is -0.396 e. The fraction of sp³-hybridized carbons (Fsp3) is 0.320. The van der Waals surface area contributed by atoms with E-state index in [0.29, 0.717) is 35.7 Å². The van der Waals surface area contributed by atoms with Crippen molar-refractivity contribution in [1.82, 2.24) is 15.3 Å². The third-order valence-electron chi connectivity index (χ3n) is 5.96. The Balaban J connectivity index is 1.56. The molecular weight excluding hydrogens is 452 g/mol. The van der Waals surface area contributed by atoms with Crippen LogP contribution in [-0.2, 0) is 14.6 Å². The van der Waals surface area contributed by atoms with E-state index >= 15 is 0 Å². The molecular formula is C25H28N4O4S. The van der Waals surface area contributed by atoms with Crippen molar-refractivity contribution in [3.8, 4) is 11.3 Å². The molecule has 1 aliphatic heterocycles. The predicted octanol–water partition coefficient (Wildman–Crippen LogP) is 3.07. The molecule has 9 heteroatoms. The monoisotopic (exact) mass is 480 g/mol. The van der Waals surface area contributed by atoms with Gasteiger partial charge in [-0.1, -0.05) is 42.5 Å². The second-order valence-electron chi connectivity index (χ2n) is 8.52. The van der Waals surface area contributed by atoms with E-state index in [-0.39, 0.29) is 23.5 Å². The number of aliphatic hydroxyl groups is 1. The molecule has 0 aliphatic carbocycles. The lowest BCUT2D eigenvalue weighted by molar-refractivity contribution is -0.123. The maximum Gasteiger partial charge on any atom is 0.231 e. The first-order valence-electron chi connectivity index (χ1n) is 11.2. The average Bonchev–Trinajstić information content (AvgIpc) is 3.28. The number of hydrogen-bond donors (Lipinski definition) is 3. The highest BCUT2D eigenvalue weighted by atomic mass is 32.2. The van der Waals surface area contributed by atoms with E-state index in [1.807, 2.05) is 30.3 Å². The van der Waals surface area contributed by atoms with Gasteiger partial charge in [-0.2, -0.15) is 0 Å². The first-order chi connectivity index (χ1) is 16.3. The van der Waals surface area contributed by atoms with Gasteiger partial charge in [-0.25, -0.2) is 18.4 Å². The van der Waals surface area contributed by atoms with E-state index < -0.39 is 21.0 Å². The summed E-state index contributed by atoms with van der Waals surface area (Å²) in [5.74, 6) is -0.173. The normalized spacial score (nSPS) is 16.1. The third kappa shape index (κ3) is 4.80. The number of nitrogens with one attached hydrogen (secondary N) is 2. The molecule has 2 heterocycles. The second kappa shape index (κ2) is 9.90. The number of amides is 1. The van der Waals surface area contributed by atoms with Crippen LogP contribution in [0.15, 0.2) is 65.7 Å². The molecule has 34 heavy (non-hydrogen) atoms. The van der Waals surface area contributed by atoms with E-state index in [0.717, 1.165) is 5.56 Å². The number of rotatable bonds is 8. The number of carbonyl (C=O) groups is 1. The number of aliphatic hydroxyl groups excluding tert-OH is 1. The van der Waals surface area contributed by atoms with Crippen LogP contribution < -0.4 is 10.6 Å². The minimum absolute atomic E-state index is 0.0498. The van der Waals surface area contributed by atoms with Crippen LogP contribution >= 0.6 is 0 Å². The zero-order valence-corrected chi connectivity index (χ0v) is 19.9.